The summed E-state index contributed by atoms with van der Waals surface area (Å²) in [5.41, 5.74) is 0. The first-order valence-corrected chi connectivity index (χ1v) is 7.36. The van der Waals surface area contributed by atoms with Gasteiger partial charge in [0.2, 0.25) is 0 Å². The Bertz CT molecular complexity index is 162. The van der Waals surface area contributed by atoms with E-state index in [0.29, 0.717) is 6.42 Å². The van der Waals surface area contributed by atoms with Gasteiger partial charge in [0.25, 0.3) is 0 Å². The highest BCUT2D eigenvalue weighted by Crippen LogP contribution is 2.60. The minimum absolute atomic E-state index is 0. The van der Waals surface area contributed by atoms with Crippen LogP contribution in [-0.4, -0.2) is 38.2 Å². The van der Waals surface area contributed by atoms with Crippen LogP contribution in [0.15, 0.2) is 0 Å². The van der Waals surface area contributed by atoms with Gasteiger partial charge < -0.3 is 4.74 Å². The standard InChI is InChI=1S/C9H18O2P.CH4/c1-11-9(10)5-8-12(2)6-3-4-7-12;/h3-8H2,1-2H3;1H4/q+1;. The Morgan fingerprint density at radius 1 is 1.38 bits per heavy atom. The molecule has 0 saturated carbocycles. The fourth-order valence-corrected chi connectivity index (χ4v) is 5.15. The fraction of sp³-hybridized carbons (Fsp3) is 0.900. The topological polar surface area (TPSA) is 26.3 Å². The van der Waals surface area contributed by atoms with E-state index in [2.05, 4.69) is 11.4 Å². The van der Waals surface area contributed by atoms with Crippen LogP contribution < -0.4 is 0 Å². The number of hydrogen-bond donors (Lipinski definition) is 0. The van der Waals surface area contributed by atoms with Crippen LogP contribution in [-0.2, 0) is 9.53 Å². The molecule has 1 fully saturated rings. The van der Waals surface area contributed by atoms with Crippen molar-refractivity contribution >= 4 is 13.2 Å². The number of carbonyl (C=O) groups is 1. The Morgan fingerprint density at radius 2 is 1.92 bits per heavy atom. The molecular formula is C10H22O2P+. The molecule has 1 rings (SSSR count). The quantitative estimate of drug-likeness (QED) is 0.523. The number of methoxy groups -OCH3 is 1. The van der Waals surface area contributed by atoms with Crippen molar-refractivity contribution in [3.05, 3.63) is 0 Å². The second kappa shape index (κ2) is 5.59. The van der Waals surface area contributed by atoms with Gasteiger partial charge in [0.15, 0.2) is 0 Å². The van der Waals surface area contributed by atoms with Gasteiger partial charge >= 0.3 is 5.97 Å². The molecule has 0 aromatic carbocycles. The van der Waals surface area contributed by atoms with Gasteiger partial charge in [0, 0.05) is 13.9 Å². The smallest absolute Gasteiger partial charge is 0.309 e. The van der Waals surface area contributed by atoms with Crippen molar-refractivity contribution < 1.29 is 9.53 Å². The third-order valence-corrected chi connectivity index (χ3v) is 6.82. The summed E-state index contributed by atoms with van der Waals surface area (Å²) in [7, 11) is 0.782. The highest BCUT2D eigenvalue weighted by Gasteiger charge is 2.35. The maximum Gasteiger partial charge on any atom is 0.309 e. The van der Waals surface area contributed by atoms with Gasteiger partial charge in [-0.3, -0.25) is 4.79 Å². The van der Waals surface area contributed by atoms with Crippen LogP contribution in [0.5, 0.6) is 0 Å². The molecule has 0 aromatic rings. The van der Waals surface area contributed by atoms with Crippen molar-refractivity contribution in [2.24, 2.45) is 0 Å². The van der Waals surface area contributed by atoms with E-state index in [4.69, 9.17) is 0 Å². The Hall–Kier alpha value is -0.100. The Morgan fingerprint density at radius 3 is 2.38 bits per heavy atom. The summed E-state index contributed by atoms with van der Waals surface area (Å²) >= 11 is 0. The molecule has 1 saturated heterocycles. The number of hydrogen-bond acceptors (Lipinski definition) is 2. The molecule has 78 valence electrons. The zero-order chi connectivity index (χ0) is 9.03. The molecule has 0 spiro atoms. The van der Waals surface area contributed by atoms with E-state index in [1.54, 1.807) is 0 Å². The third-order valence-electron chi connectivity index (χ3n) is 2.73. The van der Waals surface area contributed by atoms with Gasteiger partial charge in [-0.25, -0.2) is 0 Å². The molecule has 2 nitrogen and oxygen atoms in total. The van der Waals surface area contributed by atoms with E-state index >= 15 is 0 Å². The normalized spacial score (nSPS) is 19.2. The lowest BCUT2D eigenvalue weighted by atomic mass is 10.4. The molecule has 1 heterocycles. The predicted molar refractivity (Wildman–Crippen MR) is 60.0 cm³/mol. The summed E-state index contributed by atoms with van der Waals surface area (Å²) in [6, 6.07) is 0. The number of esters is 1. The Kier molecular flexibility index (Phi) is 5.55. The lowest BCUT2D eigenvalue weighted by Crippen LogP contribution is -2.07. The van der Waals surface area contributed by atoms with E-state index in [0.717, 1.165) is 6.16 Å². The summed E-state index contributed by atoms with van der Waals surface area (Å²) in [6.45, 7) is 2.39. The van der Waals surface area contributed by atoms with Gasteiger partial charge in [-0.15, -0.1) is 0 Å². The van der Waals surface area contributed by atoms with Crippen molar-refractivity contribution in [3.8, 4) is 0 Å². The highest BCUT2D eigenvalue weighted by molar-refractivity contribution is 7.75. The predicted octanol–water partition coefficient (Wildman–Crippen LogP) is 2.63. The average molecular weight is 205 g/mol. The fourth-order valence-electron chi connectivity index (χ4n) is 1.79. The SMILES string of the molecule is C.COC(=O)CC[P+]1(C)CCCC1. The molecule has 13 heavy (non-hydrogen) atoms. The van der Waals surface area contributed by atoms with E-state index in [1.807, 2.05) is 0 Å². The van der Waals surface area contributed by atoms with Gasteiger partial charge in [0.1, 0.15) is 0 Å². The lowest BCUT2D eigenvalue weighted by molar-refractivity contribution is -0.140. The third kappa shape index (κ3) is 4.08. The minimum atomic E-state index is -0.688. The molecule has 3 heteroatoms. The maximum atomic E-state index is 10.9. The first-order chi connectivity index (χ1) is 5.66. The Balaban J connectivity index is 0.00000144. The van der Waals surface area contributed by atoms with Crippen molar-refractivity contribution in [2.75, 3.05) is 32.3 Å². The van der Waals surface area contributed by atoms with Crippen LogP contribution in [0.4, 0.5) is 0 Å². The number of ether oxygens (including phenoxy) is 1. The van der Waals surface area contributed by atoms with Gasteiger partial charge in [-0.2, -0.15) is 0 Å². The summed E-state index contributed by atoms with van der Waals surface area (Å²) in [4.78, 5) is 10.9. The first kappa shape index (κ1) is 12.9. The van der Waals surface area contributed by atoms with Gasteiger partial charge in [0.05, 0.1) is 32.0 Å². The second-order valence-corrected chi connectivity index (χ2v) is 8.40. The van der Waals surface area contributed by atoms with Crippen molar-refractivity contribution in [1.29, 1.82) is 0 Å². The van der Waals surface area contributed by atoms with E-state index in [1.165, 1.54) is 32.3 Å². The molecular weight excluding hydrogens is 183 g/mol. The van der Waals surface area contributed by atoms with Crippen LogP contribution in [0.3, 0.4) is 0 Å². The zero-order valence-electron chi connectivity index (χ0n) is 8.01. The highest BCUT2D eigenvalue weighted by atomic mass is 31.2. The van der Waals surface area contributed by atoms with Crippen LogP contribution in [0, 0.1) is 0 Å². The van der Waals surface area contributed by atoms with E-state index in [-0.39, 0.29) is 13.4 Å². The molecule has 0 atom stereocenters. The minimum Gasteiger partial charge on any atom is -0.469 e. The number of carbonyl (C=O) groups excluding carboxylic acids is 1. The molecule has 0 bridgehead atoms. The van der Waals surface area contributed by atoms with Crippen LogP contribution in [0.25, 0.3) is 0 Å². The molecule has 0 aliphatic carbocycles. The monoisotopic (exact) mass is 205 g/mol. The summed E-state index contributed by atoms with van der Waals surface area (Å²) in [5, 5.41) is 0. The summed E-state index contributed by atoms with van der Waals surface area (Å²) in [6.07, 6.45) is 7.30. The first-order valence-electron chi connectivity index (χ1n) is 4.57. The van der Waals surface area contributed by atoms with Crippen molar-refractivity contribution in [3.63, 3.8) is 0 Å². The van der Waals surface area contributed by atoms with E-state index < -0.39 is 7.26 Å². The van der Waals surface area contributed by atoms with Crippen LogP contribution in [0.1, 0.15) is 26.7 Å². The molecule has 0 N–H and O–H groups in total. The molecule has 1 aliphatic rings. The Labute approximate surface area is 82.4 Å². The van der Waals surface area contributed by atoms with Crippen molar-refractivity contribution in [2.45, 2.75) is 26.7 Å². The average Bonchev–Trinajstić information content (AvgIpc) is 2.49. The maximum absolute atomic E-state index is 10.9. The lowest BCUT2D eigenvalue weighted by Gasteiger charge is -2.15. The molecule has 0 radical (unpaired) electrons. The molecule has 0 unspecified atom stereocenters. The zero-order valence-corrected chi connectivity index (χ0v) is 8.90. The van der Waals surface area contributed by atoms with Crippen molar-refractivity contribution in [1.82, 2.24) is 0 Å². The van der Waals surface area contributed by atoms with Crippen LogP contribution >= 0.6 is 7.26 Å². The molecule has 1 aliphatic heterocycles. The second-order valence-electron chi connectivity index (χ2n) is 3.82. The van der Waals surface area contributed by atoms with Crippen LogP contribution in [0.2, 0.25) is 0 Å². The largest absolute Gasteiger partial charge is 0.469 e. The van der Waals surface area contributed by atoms with E-state index in [9.17, 15) is 4.79 Å². The van der Waals surface area contributed by atoms with Gasteiger partial charge in [-0.1, -0.05) is 7.43 Å². The number of rotatable bonds is 3. The summed E-state index contributed by atoms with van der Waals surface area (Å²) in [5.74, 6) is -0.0388. The molecule has 0 amide bonds. The van der Waals surface area contributed by atoms with Gasteiger partial charge in [-0.05, 0) is 12.8 Å². The summed E-state index contributed by atoms with van der Waals surface area (Å²) < 4.78 is 4.63. The molecule has 0 aromatic heterocycles.